The first-order chi connectivity index (χ1) is 11.1. The van der Waals surface area contributed by atoms with Gasteiger partial charge in [-0.3, -0.25) is 14.3 Å². The Kier molecular flexibility index (Phi) is 7.21. The molecule has 0 fully saturated rings. The van der Waals surface area contributed by atoms with Crippen LogP contribution in [-0.4, -0.2) is 39.1 Å². The van der Waals surface area contributed by atoms with E-state index in [4.69, 9.17) is 0 Å². The second kappa shape index (κ2) is 8.68. The molecule has 134 valence electrons. The Hall–Kier alpha value is -2.09. The SMILES string of the molecule is CCC(C)NC(=O)CCNC(=O)c1ccc(C)c(NS(C)(=O)=O)c1. The van der Waals surface area contributed by atoms with Crippen LogP contribution in [0, 0.1) is 6.92 Å². The molecule has 0 aliphatic heterocycles. The third-order valence-electron chi connectivity index (χ3n) is 3.45. The summed E-state index contributed by atoms with van der Waals surface area (Å²) in [5.74, 6) is -0.476. The van der Waals surface area contributed by atoms with Gasteiger partial charge in [-0.1, -0.05) is 13.0 Å². The van der Waals surface area contributed by atoms with Gasteiger partial charge in [0.1, 0.15) is 0 Å². The molecular formula is C16H25N3O4S. The number of carbonyl (C=O) groups excluding carboxylic acids is 2. The molecule has 1 aromatic rings. The highest BCUT2D eigenvalue weighted by molar-refractivity contribution is 7.92. The van der Waals surface area contributed by atoms with Gasteiger partial charge in [0.25, 0.3) is 5.91 Å². The number of hydrogen-bond donors (Lipinski definition) is 3. The van der Waals surface area contributed by atoms with Crippen LogP contribution in [-0.2, 0) is 14.8 Å². The smallest absolute Gasteiger partial charge is 0.251 e. The summed E-state index contributed by atoms with van der Waals surface area (Å²) in [5, 5.41) is 5.47. The minimum atomic E-state index is -3.42. The van der Waals surface area contributed by atoms with Crippen LogP contribution in [0.25, 0.3) is 0 Å². The molecule has 0 radical (unpaired) electrons. The van der Waals surface area contributed by atoms with Crippen molar-refractivity contribution in [3.63, 3.8) is 0 Å². The number of nitrogens with one attached hydrogen (secondary N) is 3. The molecule has 0 aliphatic rings. The molecule has 0 saturated heterocycles. The van der Waals surface area contributed by atoms with Crippen molar-refractivity contribution in [2.45, 2.75) is 39.7 Å². The molecule has 3 N–H and O–H groups in total. The van der Waals surface area contributed by atoms with Gasteiger partial charge in [0, 0.05) is 24.6 Å². The number of rotatable bonds is 8. The fourth-order valence-electron chi connectivity index (χ4n) is 1.91. The number of benzene rings is 1. The summed E-state index contributed by atoms with van der Waals surface area (Å²) < 4.78 is 25.1. The lowest BCUT2D eigenvalue weighted by atomic mass is 10.1. The van der Waals surface area contributed by atoms with Crippen LogP contribution in [0.4, 0.5) is 5.69 Å². The maximum Gasteiger partial charge on any atom is 0.251 e. The van der Waals surface area contributed by atoms with Gasteiger partial charge in [0.05, 0.1) is 11.9 Å². The summed E-state index contributed by atoms with van der Waals surface area (Å²) in [7, 11) is -3.42. The van der Waals surface area contributed by atoms with Gasteiger partial charge < -0.3 is 10.6 Å². The van der Waals surface area contributed by atoms with Crippen LogP contribution in [0.5, 0.6) is 0 Å². The van der Waals surface area contributed by atoms with Crippen molar-refractivity contribution < 1.29 is 18.0 Å². The summed E-state index contributed by atoms with van der Waals surface area (Å²) in [6.45, 7) is 5.85. The predicted octanol–water partition coefficient (Wildman–Crippen LogP) is 1.40. The monoisotopic (exact) mass is 355 g/mol. The summed E-state index contributed by atoms with van der Waals surface area (Å²) in [6.07, 6.45) is 2.09. The average Bonchev–Trinajstić information content (AvgIpc) is 2.47. The van der Waals surface area contributed by atoms with Gasteiger partial charge in [0.2, 0.25) is 15.9 Å². The maximum atomic E-state index is 12.1. The van der Waals surface area contributed by atoms with Gasteiger partial charge in [-0.25, -0.2) is 8.42 Å². The molecule has 0 bridgehead atoms. The van der Waals surface area contributed by atoms with Crippen molar-refractivity contribution >= 4 is 27.5 Å². The van der Waals surface area contributed by atoms with Crippen molar-refractivity contribution in [1.82, 2.24) is 10.6 Å². The van der Waals surface area contributed by atoms with Crippen LogP contribution < -0.4 is 15.4 Å². The number of hydrogen-bond acceptors (Lipinski definition) is 4. The fraction of sp³-hybridized carbons (Fsp3) is 0.500. The standard InChI is InChI=1S/C16H25N3O4S/c1-5-12(3)18-15(20)8-9-17-16(21)13-7-6-11(2)14(10-13)19-24(4,22)23/h6-7,10,12,19H,5,8-9H2,1-4H3,(H,17,21)(H,18,20). The normalized spacial score (nSPS) is 12.3. The predicted molar refractivity (Wildman–Crippen MR) is 94.5 cm³/mol. The summed E-state index contributed by atoms with van der Waals surface area (Å²) in [6, 6.07) is 4.86. The van der Waals surface area contributed by atoms with Crippen LogP contribution in [0.15, 0.2) is 18.2 Å². The Balaban J connectivity index is 2.62. The van der Waals surface area contributed by atoms with Crippen LogP contribution >= 0.6 is 0 Å². The van der Waals surface area contributed by atoms with Gasteiger partial charge in [-0.2, -0.15) is 0 Å². The van der Waals surface area contributed by atoms with E-state index in [-0.39, 0.29) is 30.8 Å². The third kappa shape index (κ3) is 6.99. The van der Waals surface area contributed by atoms with E-state index in [1.165, 1.54) is 6.07 Å². The number of carbonyl (C=O) groups is 2. The molecular weight excluding hydrogens is 330 g/mol. The molecule has 1 unspecified atom stereocenters. The van der Waals surface area contributed by atoms with E-state index in [0.717, 1.165) is 12.7 Å². The van der Waals surface area contributed by atoms with E-state index < -0.39 is 10.0 Å². The fourth-order valence-corrected chi connectivity index (χ4v) is 2.53. The molecule has 2 amide bonds. The lowest BCUT2D eigenvalue weighted by Gasteiger charge is -2.12. The zero-order chi connectivity index (χ0) is 18.3. The Bertz CT molecular complexity index is 701. The van der Waals surface area contributed by atoms with Crippen molar-refractivity contribution in [3.8, 4) is 0 Å². The topological polar surface area (TPSA) is 104 Å². The van der Waals surface area contributed by atoms with Crippen molar-refractivity contribution in [2.75, 3.05) is 17.5 Å². The first kappa shape index (κ1) is 20.0. The number of sulfonamides is 1. The quantitative estimate of drug-likeness (QED) is 0.655. The first-order valence-corrected chi connectivity index (χ1v) is 9.67. The Morgan fingerprint density at radius 1 is 1.25 bits per heavy atom. The van der Waals surface area contributed by atoms with Crippen molar-refractivity contribution in [2.24, 2.45) is 0 Å². The van der Waals surface area contributed by atoms with Gasteiger partial charge in [0.15, 0.2) is 0 Å². The summed E-state index contributed by atoms with van der Waals surface area (Å²) in [4.78, 5) is 23.8. The van der Waals surface area contributed by atoms with E-state index in [9.17, 15) is 18.0 Å². The summed E-state index contributed by atoms with van der Waals surface area (Å²) in [5.41, 5.74) is 1.40. The molecule has 7 nitrogen and oxygen atoms in total. The first-order valence-electron chi connectivity index (χ1n) is 7.78. The van der Waals surface area contributed by atoms with Crippen molar-refractivity contribution in [1.29, 1.82) is 0 Å². The van der Waals surface area contributed by atoms with E-state index in [0.29, 0.717) is 16.8 Å². The van der Waals surface area contributed by atoms with E-state index >= 15 is 0 Å². The molecule has 0 aliphatic carbocycles. The highest BCUT2D eigenvalue weighted by atomic mass is 32.2. The van der Waals surface area contributed by atoms with E-state index in [1.54, 1.807) is 19.1 Å². The van der Waals surface area contributed by atoms with Crippen molar-refractivity contribution in [3.05, 3.63) is 29.3 Å². The minimum Gasteiger partial charge on any atom is -0.354 e. The van der Waals surface area contributed by atoms with Gasteiger partial charge in [-0.15, -0.1) is 0 Å². The molecule has 1 rings (SSSR count). The summed E-state index contributed by atoms with van der Waals surface area (Å²) >= 11 is 0. The van der Waals surface area contributed by atoms with Gasteiger partial charge >= 0.3 is 0 Å². The van der Waals surface area contributed by atoms with Crippen LogP contribution in [0.1, 0.15) is 42.6 Å². The molecule has 24 heavy (non-hydrogen) atoms. The second-order valence-corrected chi connectivity index (χ2v) is 7.54. The largest absolute Gasteiger partial charge is 0.354 e. The third-order valence-corrected chi connectivity index (χ3v) is 4.04. The lowest BCUT2D eigenvalue weighted by molar-refractivity contribution is -0.121. The van der Waals surface area contributed by atoms with E-state index in [2.05, 4.69) is 15.4 Å². The van der Waals surface area contributed by atoms with Crippen LogP contribution in [0.2, 0.25) is 0 Å². The average molecular weight is 355 g/mol. The Morgan fingerprint density at radius 3 is 2.50 bits per heavy atom. The van der Waals surface area contributed by atoms with E-state index in [1.807, 2.05) is 13.8 Å². The molecule has 1 aromatic carbocycles. The number of amides is 2. The number of anilines is 1. The molecule has 0 aromatic heterocycles. The maximum absolute atomic E-state index is 12.1. The zero-order valence-corrected chi connectivity index (χ0v) is 15.3. The lowest BCUT2D eigenvalue weighted by Crippen LogP contribution is -2.35. The van der Waals surface area contributed by atoms with Crippen LogP contribution in [0.3, 0.4) is 0 Å². The molecule has 0 saturated carbocycles. The van der Waals surface area contributed by atoms with Gasteiger partial charge in [-0.05, 0) is 38.0 Å². The Labute approximate surface area is 143 Å². The Morgan fingerprint density at radius 2 is 1.92 bits per heavy atom. The molecule has 0 spiro atoms. The second-order valence-electron chi connectivity index (χ2n) is 5.79. The molecule has 0 heterocycles. The zero-order valence-electron chi connectivity index (χ0n) is 14.5. The highest BCUT2D eigenvalue weighted by Crippen LogP contribution is 2.18. The minimum absolute atomic E-state index is 0.106. The molecule has 8 heteroatoms. The molecule has 1 atom stereocenters. The highest BCUT2D eigenvalue weighted by Gasteiger charge is 2.11. The number of aryl methyl sites for hydroxylation is 1.